The Labute approximate surface area is 354 Å². The van der Waals surface area contributed by atoms with Crippen molar-refractivity contribution in [2.45, 2.75) is 39.0 Å². The number of benzene rings is 7. The first-order chi connectivity index (χ1) is 29.3. The Morgan fingerprint density at radius 2 is 1.28 bits per heavy atom. The van der Waals surface area contributed by atoms with Gasteiger partial charge in [-0.2, -0.15) is 0 Å². The van der Waals surface area contributed by atoms with Crippen LogP contribution >= 0.6 is 11.3 Å². The number of para-hydroxylation sites is 3. The minimum Gasteiger partial charge on any atom is -0.314 e. The number of hydrogen-bond acceptors (Lipinski definition) is 1. The van der Waals surface area contributed by atoms with E-state index in [0.29, 0.717) is 11.8 Å². The highest BCUT2D eigenvalue weighted by Crippen LogP contribution is 2.55. The van der Waals surface area contributed by atoms with Gasteiger partial charge in [0.05, 0.1) is 16.6 Å². The second-order valence-electron chi connectivity index (χ2n) is 17.4. The Hall–Kier alpha value is -6.68. The number of hydrogen-bond donors (Lipinski definition) is 0. The monoisotopic (exact) mass is 788 g/mol. The summed E-state index contributed by atoms with van der Waals surface area (Å²) < 4.78 is 7.60. The third-order valence-electron chi connectivity index (χ3n) is 13.8. The van der Waals surface area contributed by atoms with Crippen molar-refractivity contribution in [3.05, 3.63) is 204 Å². The third-order valence-corrected chi connectivity index (χ3v) is 15.0. The molecule has 2 atom stereocenters. The molecule has 3 heterocycles. The second kappa shape index (κ2) is 13.2. The van der Waals surface area contributed by atoms with Gasteiger partial charge in [0, 0.05) is 64.9 Å². The molecule has 0 saturated carbocycles. The summed E-state index contributed by atoms with van der Waals surface area (Å²) in [4.78, 5) is 0. The van der Waals surface area contributed by atoms with Crippen LogP contribution in [0.3, 0.4) is 0 Å². The molecule has 2 aliphatic carbocycles. The van der Waals surface area contributed by atoms with Gasteiger partial charge in [0.25, 0.3) is 0 Å². The standard InChI is InChI=1S/C57H44N2S/c1-35(41-20-14-21-47-46-19-10-13-24-55(46)60-56(41)47)31-48-36(2)58(52-22-11-8-17-44(48)52)40-27-29-43-42-28-25-38(33-50(42)57(3,4)51(43)34-40)37-26-30-54-49(32-37)45-18-9-12-23-53(45)59(54)39-15-6-5-7-16-39/h5-34,43,51H,1-4H3/b35-31+. The van der Waals surface area contributed by atoms with Gasteiger partial charge in [0.15, 0.2) is 0 Å². The lowest BCUT2D eigenvalue weighted by atomic mass is 9.74. The number of allylic oxidation sites excluding steroid dienone is 5. The molecule has 0 bridgehead atoms. The van der Waals surface area contributed by atoms with Crippen LogP contribution in [0.4, 0.5) is 0 Å². The number of aromatic nitrogens is 2. The van der Waals surface area contributed by atoms with Crippen LogP contribution in [-0.4, -0.2) is 9.13 Å². The van der Waals surface area contributed by atoms with Crippen LogP contribution in [0.25, 0.3) is 87.0 Å². The maximum Gasteiger partial charge on any atom is 0.0541 e. The van der Waals surface area contributed by atoms with Gasteiger partial charge in [-0.1, -0.05) is 141 Å². The van der Waals surface area contributed by atoms with Crippen molar-refractivity contribution in [3.8, 4) is 16.8 Å². The van der Waals surface area contributed by atoms with E-state index in [1.807, 2.05) is 11.3 Å². The number of thiophene rings is 1. The van der Waals surface area contributed by atoms with E-state index in [9.17, 15) is 0 Å². The molecule has 10 aromatic rings. The first-order valence-electron chi connectivity index (χ1n) is 21.2. The summed E-state index contributed by atoms with van der Waals surface area (Å²) in [5, 5.41) is 6.53. The summed E-state index contributed by atoms with van der Waals surface area (Å²) in [7, 11) is 0. The molecule has 2 aliphatic rings. The van der Waals surface area contributed by atoms with Gasteiger partial charge in [0.1, 0.15) is 0 Å². The normalized spacial score (nSPS) is 17.3. The molecule has 12 rings (SSSR count). The van der Waals surface area contributed by atoms with E-state index < -0.39 is 0 Å². The maximum absolute atomic E-state index is 2.58. The predicted octanol–water partition coefficient (Wildman–Crippen LogP) is 15.7. The Bertz CT molecular complexity index is 3490. The average molecular weight is 789 g/mol. The van der Waals surface area contributed by atoms with Crippen LogP contribution in [0.1, 0.15) is 54.6 Å². The molecule has 0 amide bonds. The summed E-state index contributed by atoms with van der Waals surface area (Å²) in [6, 6.07) is 58.3. The molecule has 288 valence electrons. The average Bonchev–Trinajstić information content (AvgIpc) is 3.98. The topological polar surface area (TPSA) is 9.86 Å². The van der Waals surface area contributed by atoms with Gasteiger partial charge < -0.3 is 9.13 Å². The lowest BCUT2D eigenvalue weighted by Crippen LogP contribution is -2.25. The maximum atomic E-state index is 2.58. The zero-order valence-corrected chi connectivity index (χ0v) is 35.1. The molecular formula is C57H44N2S. The molecule has 7 aromatic carbocycles. The van der Waals surface area contributed by atoms with E-state index >= 15 is 0 Å². The SMILES string of the molecule is C/C(=C\c1c(C)n(C2=CC3C(C=C2)c2ccc(-c4ccc5c(c4)c4ccccc4n5-c4ccccc4)cc2C3(C)C)c2ccccc12)c1cccc2c1sc1ccccc12. The Morgan fingerprint density at radius 1 is 0.617 bits per heavy atom. The largest absolute Gasteiger partial charge is 0.314 e. The number of rotatable bonds is 5. The molecule has 0 radical (unpaired) electrons. The molecule has 0 N–H and O–H groups in total. The van der Waals surface area contributed by atoms with Crippen molar-refractivity contribution in [1.82, 2.24) is 9.13 Å². The first-order valence-corrected chi connectivity index (χ1v) is 22.0. The van der Waals surface area contributed by atoms with E-state index in [2.05, 4.69) is 219 Å². The van der Waals surface area contributed by atoms with Gasteiger partial charge in [0.2, 0.25) is 0 Å². The van der Waals surface area contributed by atoms with E-state index in [1.165, 1.54) is 109 Å². The Balaban J connectivity index is 0.922. The van der Waals surface area contributed by atoms with Crippen molar-refractivity contribution in [3.63, 3.8) is 0 Å². The lowest BCUT2D eigenvalue weighted by Gasteiger charge is -2.31. The van der Waals surface area contributed by atoms with Crippen LogP contribution in [0.2, 0.25) is 0 Å². The van der Waals surface area contributed by atoms with Crippen molar-refractivity contribution >= 4 is 81.6 Å². The van der Waals surface area contributed by atoms with E-state index in [-0.39, 0.29) is 5.41 Å². The van der Waals surface area contributed by atoms with Crippen LogP contribution in [0.5, 0.6) is 0 Å². The molecular weight excluding hydrogens is 745 g/mol. The third kappa shape index (κ3) is 5.12. The van der Waals surface area contributed by atoms with E-state index in [1.54, 1.807) is 0 Å². The van der Waals surface area contributed by atoms with Crippen molar-refractivity contribution < 1.29 is 0 Å². The quantitative estimate of drug-likeness (QED) is 0.164. The molecule has 0 fully saturated rings. The van der Waals surface area contributed by atoms with Gasteiger partial charge in [-0.15, -0.1) is 11.3 Å². The second-order valence-corrected chi connectivity index (χ2v) is 18.5. The summed E-state index contributed by atoms with van der Waals surface area (Å²) >= 11 is 1.90. The zero-order valence-electron chi connectivity index (χ0n) is 34.3. The van der Waals surface area contributed by atoms with Crippen molar-refractivity contribution in [1.29, 1.82) is 0 Å². The minimum absolute atomic E-state index is 0.0570. The van der Waals surface area contributed by atoms with Crippen LogP contribution < -0.4 is 0 Å². The molecule has 0 aliphatic heterocycles. The van der Waals surface area contributed by atoms with Crippen molar-refractivity contribution in [2.75, 3.05) is 0 Å². The Kier molecular flexibility index (Phi) is 7.74. The van der Waals surface area contributed by atoms with Crippen molar-refractivity contribution in [2.24, 2.45) is 5.92 Å². The predicted molar refractivity (Wildman–Crippen MR) is 258 cm³/mol. The molecule has 60 heavy (non-hydrogen) atoms. The van der Waals surface area contributed by atoms with E-state index in [0.717, 1.165) is 0 Å². The molecule has 0 spiro atoms. The highest BCUT2D eigenvalue weighted by molar-refractivity contribution is 7.26. The molecule has 2 unspecified atom stereocenters. The number of fused-ring (bicyclic) bond motifs is 10. The smallest absolute Gasteiger partial charge is 0.0541 e. The number of nitrogens with zero attached hydrogens (tertiary/aromatic N) is 2. The minimum atomic E-state index is -0.0570. The van der Waals surface area contributed by atoms with Crippen LogP contribution in [0, 0.1) is 12.8 Å². The van der Waals surface area contributed by atoms with E-state index in [4.69, 9.17) is 0 Å². The summed E-state index contributed by atoms with van der Waals surface area (Å²) in [5.74, 6) is 0.672. The highest BCUT2D eigenvalue weighted by atomic mass is 32.1. The molecule has 2 nitrogen and oxygen atoms in total. The highest BCUT2D eigenvalue weighted by Gasteiger charge is 2.45. The summed E-state index contributed by atoms with van der Waals surface area (Å²) in [6.45, 7) is 9.49. The lowest BCUT2D eigenvalue weighted by molar-refractivity contribution is 0.394. The fraction of sp³-hybridized carbons (Fsp3) is 0.123. The van der Waals surface area contributed by atoms with Gasteiger partial charge in [-0.05, 0) is 113 Å². The zero-order chi connectivity index (χ0) is 40.3. The summed E-state index contributed by atoms with van der Waals surface area (Å²) in [5.41, 5.74) is 16.7. The molecule has 3 aromatic heterocycles. The fourth-order valence-corrected chi connectivity index (χ4v) is 12.1. The first kappa shape index (κ1) is 35.3. The van der Waals surface area contributed by atoms with Gasteiger partial charge in [-0.3, -0.25) is 0 Å². The molecule has 3 heteroatoms. The van der Waals surface area contributed by atoms with Crippen LogP contribution in [0.15, 0.2) is 176 Å². The van der Waals surface area contributed by atoms with Gasteiger partial charge in [-0.25, -0.2) is 0 Å². The Morgan fingerprint density at radius 3 is 2.12 bits per heavy atom. The van der Waals surface area contributed by atoms with Crippen LogP contribution in [-0.2, 0) is 5.41 Å². The summed E-state index contributed by atoms with van der Waals surface area (Å²) in [6.07, 6.45) is 9.87. The molecule has 0 saturated heterocycles. The van der Waals surface area contributed by atoms with Gasteiger partial charge >= 0.3 is 0 Å². The fourth-order valence-electron chi connectivity index (χ4n) is 10.8.